The summed E-state index contributed by atoms with van der Waals surface area (Å²) in [6, 6.07) is 23.9. The highest BCUT2D eigenvalue weighted by Crippen LogP contribution is 2.26. The van der Waals surface area contributed by atoms with E-state index in [9.17, 15) is 9.59 Å². The summed E-state index contributed by atoms with van der Waals surface area (Å²) >= 11 is 3.45. The molecule has 7 heteroatoms. The van der Waals surface area contributed by atoms with Crippen molar-refractivity contribution >= 4 is 27.7 Å². The second-order valence-electron chi connectivity index (χ2n) is 7.69. The van der Waals surface area contributed by atoms with Gasteiger partial charge in [0.1, 0.15) is 6.04 Å². The quantitative estimate of drug-likeness (QED) is 0.397. The molecule has 0 aromatic heterocycles. The number of nitrogens with one attached hydrogen (secondary N) is 1. The van der Waals surface area contributed by atoms with Gasteiger partial charge in [-0.2, -0.15) is 0 Å². The van der Waals surface area contributed by atoms with E-state index in [1.807, 2.05) is 73.7 Å². The number of hydrogen-bond donors (Lipinski definition) is 1. The third-order valence-corrected chi connectivity index (χ3v) is 5.84. The maximum atomic E-state index is 13.5. The number of amides is 2. The van der Waals surface area contributed by atoms with Crippen molar-refractivity contribution in [2.75, 3.05) is 20.3 Å². The first kappa shape index (κ1) is 25.3. The number of halogens is 1. The zero-order valence-electron chi connectivity index (χ0n) is 19.4. The SMILES string of the molecule is CCNC(=O)[C@@H](Cc1ccccc1)N(Cc1ccc(Br)cc1)C(=O)COc1ccccc1OC. The van der Waals surface area contributed by atoms with Gasteiger partial charge in [0, 0.05) is 24.0 Å². The minimum Gasteiger partial charge on any atom is -0.493 e. The zero-order chi connectivity index (χ0) is 24.3. The molecule has 0 saturated carbocycles. The first-order valence-electron chi connectivity index (χ1n) is 11.1. The molecule has 178 valence electrons. The maximum absolute atomic E-state index is 13.5. The van der Waals surface area contributed by atoms with E-state index in [0.29, 0.717) is 24.5 Å². The summed E-state index contributed by atoms with van der Waals surface area (Å²) in [5.74, 6) is 0.522. The number of methoxy groups -OCH3 is 1. The van der Waals surface area contributed by atoms with Gasteiger partial charge >= 0.3 is 0 Å². The van der Waals surface area contributed by atoms with Crippen LogP contribution in [0.1, 0.15) is 18.1 Å². The van der Waals surface area contributed by atoms with Gasteiger partial charge < -0.3 is 19.7 Å². The molecular weight excluding hydrogens is 496 g/mol. The van der Waals surface area contributed by atoms with Crippen LogP contribution in [-0.4, -0.2) is 43.0 Å². The molecule has 0 radical (unpaired) electrons. The summed E-state index contributed by atoms with van der Waals surface area (Å²) in [6.07, 6.45) is 0.392. The van der Waals surface area contributed by atoms with E-state index in [1.54, 1.807) is 24.1 Å². The van der Waals surface area contributed by atoms with Crippen LogP contribution in [0.3, 0.4) is 0 Å². The van der Waals surface area contributed by atoms with E-state index < -0.39 is 6.04 Å². The molecular formula is C27H29BrN2O4. The molecule has 0 unspecified atom stereocenters. The van der Waals surface area contributed by atoms with Crippen LogP contribution < -0.4 is 14.8 Å². The Hall–Kier alpha value is -3.32. The highest BCUT2D eigenvalue weighted by atomic mass is 79.9. The van der Waals surface area contributed by atoms with Crippen molar-refractivity contribution in [2.45, 2.75) is 25.9 Å². The van der Waals surface area contributed by atoms with E-state index >= 15 is 0 Å². The Balaban J connectivity index is 1.89. The number of hydrogen-bond acceptors (Lipinski definition) is 4. The molecule has 0 spiro atoms. The normalized spacial score (nSPS) is 11.4. The Bertz CT molecular complexity index is 1070. The molecule has 1 N–H and O–H groups in total. The lowest BCUT2D eigenvalue weighted by atomic mass is 10.0. The number of likely N-dealkylation sites (N-methyl/N-ethyl adjacent to an activating group) is 1. The lowest BCUT2D eigenvalue weighted by Gasteiger charge is -2.31. The molecule has 0 fully saturated rings. The second-order valence-corrected chi connectivity index (χ2v) is 8.60. The van der Waals surface area contributed by atoms with Crippen LogP contribution in [0, 0.1) is 0 Å². The van der Waals surface area contributed by atoms with Gasteiger partial charge in [-0.3, -0.25) is 9.59 Å². The maximum Gasteiger partial charge on any atom is 0.261 e. The molecule has 3 aromatic carbocycles. The Morgan fingerprint density at radius 3 is 2.21 bits per heavy atom. The van der Waals surface area contributed by atoms with Gasteiger partial charge in [0.15, 0.2) is 18.1 Å². The van der Waals surface area contributed by atoms with E-state index in [-0.39, 0.29) is 25.0 Å². The molecule has 6 nitrogen and oxygen atoms in total. The summed E-state index contributed by atoms with van der Waals surface area (Å²) < 4.78 is 12.1. The Morgan fingerprint density at radius 1 is 0.912 bits per heavy atom. The predicted octanol–water partition coefficient (Wildman–Crippen LogP) is 4.61. The number of carbonyl (C=O) groups excluding carboxylic acids is 2. The summed E-state index contributed by atoms with van der Waals surface area (Å²) in [6.45, 7) is 2.39. The van der Waals surface area contributed by atoms with Crippen LogP contribution in [0.2, 0.25) is 0 Å². The Kier molecular flexibility index (Phi) is 9.52. The standard InChI is InChI=1S/C27H29BrN2O4/c1-3-29-27(32)23(17-20-9-5-4-6-10-20)30(18-21-13-15-22(28)16-14-21)26(31)19-34-25-12-8-7-11-24(25)33-2/h4-16,23H,3,17-19H2,1-2H3,(H,29,32)/t23-/m1/s1. The number of ether oxygens (including phenoxy) is 2. The molecule has 3 aromatic rings. The zero-order valence-corrected chi connectivity index (χ0v) is 21.0. The molecule has 0 aliphatic heterocycles. The van der Waals surface area contributed by atoms with Crippen molar-refractivity contribution in [1.82, 2.24) is 10.2 Å². The average molecular weight is 525 g/mol. The molecule has 3 rings (SSSR count). The van der Waals surface area contributed by atoms with Gasteiger partial charge in [0.25, 0.3) is 5.91 Å². The number of carbonyl (C=O) groups is 2. The van der Waals surface area contributed by atoms with Crippen molar-refractivity contribution in [3.05, 3.63) is 94.5 Å². The van der Waals surface area contributed by atoms with E-state index in [0.717, 1.165) is 15.6 Å². The molecule has 1 atom stereocenters. The second kappa shape index (κ2) is 12.8. The number of benzene rings is 3. The van der Waals surface area contributed by atoms with Gasteiger partial charge in [0.05, 0.1) is 7.11 Å². The van der Waals surface area contributed by atoms with Crippen molar-refractivity contribution in [3.8, 4) is 11.5 Å². The summed E-state index contributed by atoms with van der Waals surface area (Å²) in [7, 11) is 1.55. The van der Waals surface area contributed by atoms with Crippen LogP contribution in [0.4, 0.5) is 0 Å². The summed E-state index contributed by atoms with van der Waals surface area (Å²) in [5, 5.41) is 2.89. The molecule has 0 aliphatic rings. The lowest BCUT2D eigenvalue weighted by Crippen LogP contribution is -2.51. The van der Waals surface area contributed by atoms with Crippen LogP contribution in [0.5, 0.6) is 11.5 Å². The number of nitrogens with zero attached hydrogens (tertiary/aromatic N) is 1. The van der Waals surface area contributed by atoms with Crippen LogP contribution >= 0.6 is 15.9 Å². The van der Waals surface area contributed by atoms with Gasteiger partial charge in [-0.15, -0.1) is 0 Å². The van der Waals surface area contributed by atoms with Gasteiger partial charge in [-0.1, -0.05) is 70.5 Å². The molecule has 0 heterocycles. The molecule has 2 amide bonds. The minimum absolute atomic E-state index is 0.200. The monoisotopic (exact) mass is 524 g/mol. The number of para-hydroxylation sites is 2. The van der Waals surface area contributed by atoms with Gasteiger partial charge in [-0.25, -0.2) is 0 Å². The smallest absolute Gasteiger partial charge is 0.261 e. The molecule has 34 heavy (non-hydrogen) atoms. The molecule has 0 bridgehead atoms. The highest BCUT2D eigenvalue weighted by molar-refractivity contribution is 9.10. The largest absolute Gasteiger partial charge is 0.493 e. The van der Waals surface area contributed by atoms with Crippen molar-refractivity contribution in [1.29, 1.82) is 0 Å². The van der Waals surface area contributed by atoms with Crippen molar-refractivity contribution in [2.24, 2.45) is 0 Å². The van der Waals surface area contributed by atoms with Gasteiger partial charge in [-0.05, 0) is 42.3 Å². The van der Waals surface area contributed by atoms with E-state index in [1.165, 1.54) is 0 Å². The van der Waals surface area contributed by atoms with E-state index in [2.05, 4.69) is 21.2 Å². The topological polar surface area (TPSA) is 67.9 Å². The third-order valence-electron chi connectivity index (χ3n) is 5.31. The summed E-state index contributed by atoms with van der Waals surface area (Å²) in [4.78, 5) is 28.2. The van der Waals surface area contributed by atoms with Crippen molar-refractivity contribution < 1.29 is 19.1 Å². The Labute approximate surface area is 209 Å². The van der Waals surface area contributed by atoms with Crippen LogP contribution in [-0.2, 0) is 22.6 Å². The fraction of sp³-hybridized carbons (Fsp3) is 0.259. The van der Waals surface area contributed by atoms with Crippen LogP contribution in [0.15, 0.2) is 83.3 Å². The lowest BCUT2D eigenvalue weighted by molar-refractivity contribution is -0.142. The summed E-state index contributed by atoms with van der Waals surface area (Å²) in [5.41, 5.74) is 1.88. The van der Waals surface area contributed by atoms with Crippen molar-refractivity contribution in [3.63, 3.8) is 0 Å². The highest BCUT2D eigenvalue weighted by Gasteiger charge is 2.30. The average Bonchev–Trinajstić information content (AvgIpc) is 2.86. The van der Waals surface area contributed by atoms with Gasteiger partial charge in [0.2, 0.25) is 5.91 Å². The predicted molar refractivity (Wildman–Crippen MR) is 136 cm³/mol. The Morgan fingerprint density at radius 2 is 1.56 bits per heavy atom. The fourth-order valence-corrected chi connectivity index (χ4v) is 3.86. The molecule has 0 saturated heterocycles. The first-order chi connectivity index (χ1) is 16.5. The first-order valence-corrected chi connectivity index (χ1v) is 11.9. The van der Waals surface area contributed by atoms with Crippen LogP contribution in [0.25, 0.3) is 0 Å². The third kappa shape index (κ3) is 7.09. The fourth-order valence-electron chi connectivity index (χ4n) is 3.59. The molecule has 0 aliphatic carbocycles. The minimum atomic E-state index is -0.695. The van der Waals surface area contributed by atoms with E-state index in [4.69, 9.17) is 9.47 Å². The number of rotatable bonds is 11.